The first kappa shape index (κ1) is 18.3. The van der Waals surface area contributed by atoms with Gasteiger partial charge in [-0.15, -0.1) is 14.5 Å². The third kappa shape index (κ3) is 3.28. The number of hydrogen-bond donors (Lipinski definition) is 2. The van der Waals surface area contributed by atoms with Crippen LogP contribution in [0.15, 0.2) is 22.6 Å². The molecule has 28 heavy (non-hydrogen) atoms. The first-order valence-corrected chi connectivity index (χ1v) is 9.47. The number of hydroxylamine groups is 2. The SMILES string of the molecule is NC(=O)c1cccc(-c2nnc(C3CCC4CN3C(=O)N4OS(=O)(=O)O)o2)n1. The van der Waals surface area contributed by atoms with Crippen LogP contribution in [0.2, 0.25) is 0 Å². The molecule has 0 radical (unpaired) electrons. The predicted molar refractivity (Wildman–Crippen MR) is 88.4 cm³/mol. The lowest BCUT2D eigenvalue weighted by molar-refractivity contribution is -0.0317. The van der Waals surface area contributed by atoms with Crippen molar-refractivity contribution in [1.82, 2.24) is 25.1 Å². The molecule has 2 saturated heterocycles. The number of primary amides is 1. The summed E-state index contributed by atoms with van der Waals surface area (Å²) in [6, 6.07) is 2.70. The molecule has 0 spiro atoms. The number of pyridine rings is 1. The van der Waals surface area contributed by atoms with Gasteiger partial charge in [0.25, 0.3) is 11.8 Å². The number of urea groups is 1. The van der Waals surface area contributed by atoms with Gasteiger partial charge in [0.1, 0.15) is 17.4 Å². The number of carbonyl (C=O) groups is 2. The summed E-state index contributed by atoms with van der Waals surface area (Å²) in [5.74, 6) is -0.541. The van der Waals surface area contributed by atoms with Crippen LogP contribution >= 0.6 is 0 Å². The van der Waals surface area contributed by atoms with E-state index in [1.807, 2.05) is 0 Å². The maximum absolute atomic E-state index is 12.4. The molecule has 4 rings (SSSR count). The number of hydrogen-bond acceptors (Lipinski definition) is 9. The van der Waals surface area contributed by atoms with Crippen LogP contribution in [0.4, 0.5) is 4.79 Å². The average molecular weight is 410 g/mol. The highest BCUT2D eigenvalue weighted by Crippen LogP contribution is 2.38. The molecule has 2 aliphatic rings. The fourth-order valence-corrected chi connectivity index (χ4v) is 3.64. The molecule has 0 saturated carbocycles. The molecule has 148 valence electrons. The Hall–Kier alpha value is -3.10. The maximum Gasteiger partial charge on any atom is 0.418 e. The molecule has 14 heteroatoms. The number of fused-ring (bicyclic) bond motifs is 2. The van der Waals surface area contributed by atoms with Crippen LogP contribution in [0.5, 0.6) is 0 Å². The molecule has 2 aromatic rings. The van der Waals surface area contributed by atoms with E-state index in [2.05, 4.69) is 19.5 Å². The van der Waals surface area contributed by atoms with Crippen molar-refractivity contribution in [3.8, 4) is 11.6 Å². The second kappa shape index (κ2) is 6.50. The third-order valence-electron chi connectivity index (χ3n) is 4.44. The maximum atomic E-state index is 12.4. The van der Waals surface area contributed by atoms with Crippen molar-refractivity contribution in [2.24, 2.45) is 5.73 Å². The highest BCUT2D eigenvalue weighted by molar-refractivity contribution is 7.80. The zero-order valence-electron chi connectivity index (χ0n) is 14.1. The van der Waals surface area contributed by atoms with Gasteiger partial charge in [-0.25, -0.2) is 9.78 Å². The van der Waals surface area contributed by atoms with E-state index < -0.39 is 34.4 Å². The molecule has 13 nitrogen and oxygen atoms in total. The molecule has 2 aromatic heterocycles. The van der Waals surface area contributed by atoms with Gasteiger partial charge in [0.2, 0.25) is 5.89 Å². The molecule has 2 fully saturated rings. The summed E-state index contributed by atoms with van der Waals surface area (Å²) < 4.78 is 40.7. The fourth-order valence-electron chi connectivity index (χ4n) is 3.25. The summed E-state index contributed by atoms with van der Waals surface area (Å²) in [6.07, 6.45) is 0.813. The minimum absolute atomic E-state index is 0.0329. The zero-order valence-corrected chi connectivity index (χ0v) is 14.9. The Morgan fingerprint density at radius 3 is 2.82 bits per heavy atom. The van der Waals surface area contributed by atoms with Gasteiger partial charge in [-0.1, -0.05) is 6.07 Å². The summed E-state index contributed by atoms with van der Waals surface area (Å²) in [4.78, 5) is 29.1. The molecule has 2 bridgehead atoms. The quantitative estimate of drug-likeness (QED) is 0.631. The van der Waals surface area contributed by atoms with Crippen molar-refractivity contribution in [2.45, 2.75) is 24.9 Å². The minimum atomic E-state index is -4.82. The smallest absolute Gasteiger partial charge is 0.417 e. The summed E-state index contributed by atoms with van der Waals surface area (Å²) in [6.45, 7) is 0.173. The highest BCUT2D eigenvalue weighted by atomic mass is 32.3. The summed E-state index contributed by atoms with van der Waals surface area (Å²) in [5, 5.41) is 8.48. The number of nitrogens with two attached hydrogens (primary N) is 1. The number of rotatable bonds is 5. The van der Waals surface area contributed by atoms with Crippen LogP contribution in [0.25, 0.3) is 11.6 Å². The predicted octanol–water partition coefficient (Wildman–Crippen LogP) is -0.0940. The first-order chi connectivity index (χ1) is 13.2. The van der Waals surface area contributed by atoms with Gasteiger partial charge in [-0.2, -0.15) is 13.5 Å². The van der Waals surface area contributed by atoms with Gasteiger partial charge < -0.3 is 15.1 Å². The number of aromatic nitrogens is 3. The van der Waals surface area contributed by atoms with Crippen molar-refractivity contribution in [2.75, 3.05) is 6.54 Å². The minimum Gasteiger partial charge on any atom is -0.417 e. The topological polar surface area (TPSA) is 182 Å². The number of nitrogens with zero attached hydrogens (tertiary/aromatic N) is 5. The van der Waals surface area contributed by atoms with Gasteiger partial charge in [0.15, 0.2) is 0 Å². The lowest BCUT2D eigenvalue weighted by atomic mass is 10.0. The normalized spacial score (nSPS) is 22.0. The molecular weight excluding hydrogens is 396 g/mol. The summed E-state index contributed by atoms with van der Waals surface area (Å²) >= 11 is 0. The van der Waals surface area contributed by atoms with Crippen molar-refractivity contribution in [3.63, 3.8) is 0 Å². The van der Waals surface area contributed by atoms with Gasteiger partial charge in [-0.3, -0.25) is 9.35 Å². The molecule has 3 amide bonds. The van der Waals surface area contributed by atoms with Gasteiger partial charge >= 0.3 is 16.4 Å². The highest BCUT2D eigenvalue weighted by Gasteiger charge is 2.49. The lowest BCUT2D eigenvalue weighted by Gasteiger charge is -2.27. The molecule has 0 aromatic carbocycles. The van der Waals surface area contributed by atoms with E-state index >= 15 is 0 Å². The van der Waals surface area contributed by atoms with E-state index in [0.29, 0.717) is 17.9 Å². The third-order valence-corrected chi connectivity index (χ3v) is 4.79. The van der Waals surface area contributed by atoms with Crippen LogP contribution in [-0.2, 0) is 14.7 Å². The molecule has 2 aliphatic heterocycles. The largest absolute Gasteiger partial charge is 0.418 e. The number of amides is 3. The van der Waals surface area contributed by atoms with Gasteiger partial charge in [-0.05, 0) is 25.0 Å². The van der Waals surface area contributed by atoms with E-state index in [1.165, 1.54) is 11.0 Å². The van der Waals surface area contributed by atoms with Crippen LogP contribution in [0, 0.1) is 0 Å². The Morgan fingerprint density at radius 2 is 2.11 bits per heavy atom. The van der Waals surface area contributed by atoms with Crippen LogP contribution in [-0.4, -0.2) is 62.6 Å². The Bertz CT molecular complexity index is 1050. The standard InChI is InChI=1S/C14H14N6O7S/c15-11(21)8-2-1-3-9(16-8)12-17-18-13(26-12)10-5-4-7-6-19(10)14(22)20(7)27-28(23,24)25/h1-3,7,10H,4-6H2,(H2,15,21)(H,23,24,25). The first-order valence-electron chi connectivity index (χ1n) is 8.10. The molecule has 3 N–H and O–H groups in total. The van der Waals surface area contributed by atoms with Crippen LogP contribution in [0.1, 0.15) is 35.3 Å². The fraction of sp³-hybridized carbons (Fsp3) is 0.357. The van der Waals surface area contributed by atoms with Crippen molar-refractivity contribution < 1.29 is 31.3 Å². The second-order valence-electron chi connectivity index (χ2n) is 6.23. The van der Waals surface area contributed by atoms with Gasteiger partial charge in [0.05, 0.1) is 6.04 Å². The van der Waals surface area contributed by atoms with Crippen molar-refractivity contribution >= 4 is 22.3 Å². The Balaban J connectivity index is 1.58. The van der Waals surface area contributed by atoms with E-state index in [0.717, 1.165) is 0 Å². The van der Waals surface area contributed by atoms with E-state index in [9.17, 15) is 18.0 Å². The average Bonchev–Trinajstić information content (AvgIpc) is 3.22. The van der Waals surface area contributed by atoms with E-state index in [1.54, 1.807) is 12.1 Å². The Kier molecular flexibility index (Phi) is 4.24. The monoisotopic (exact) mass is 410 g/mol. The van der Waals surface area contributed by atoms with Crippen LogP contribution < -0.4 is 5.73 Å². The molecule has 0 aliphatic carbocycles. The molecule has 4 heterocycles. The van der Waals surface area contributed by atoms with E-state index in [-0.39, 0.29) is 29.7 Å². The summed E-state index contributed by atoms with van der Waals surface area (Å²) in [5.41, 5.74) is 5.48. The number of carbonyl (C=O) groups excluding carboxylic acids is 2. The van der Waals surface area contributed by atoms with Crippen molar-refractivity contribution in [1.29, 1.82) is 0 Å². The molecular formula is C14H14N6O7S. The molecule has 2 atom stereocenters. The van der Waals surface area contributed by atoms with Crippen LogP contribution in [0.3, 0.4) is 0 Å². The van der Waals surface area contributed by atoms with E-state index in [4.69, 9.17) is 14.7 Å². The van der Waals surface area contributed by atoms with Gasteiger partial charge in [0, 0.05) is 6.54 Å². The van der Waals surface area contributed by atoms with Crippen molar-refractivity contribution in [3.05, 3.63) is 29.8 Å². The zero-order chi connectivity index (χ0) is 20.1. The second-order valence-corrected chi connectivity index (χ2v) is 7.23. The molecule has 2 unspecified atom stereocenters. The Labute approximate surface area is 158 Å². The number of piperidine rings is 1. The lowest BCUT2D eigenvalue weighted by Crippen LogP contribution is -2.35. The Morgan fingerprint density at radius 1 is 1.32 bits per heavy atom. The summed E-state index contributed by atoms with van der Waals surface area (Å²) in [7, 11) is -4.82.